The van der Waals surface area contributed by atoms with Gasteiger partial charge in [-0.2, -0.15) is 0 Å². The molecule has 6 aromatic carbocycles. The summed E-state index contributed by atoms with van der Waals surface area (Å²) in [6.45, 7) is 0. The topological polar surface area (TPSA) is 48.8 Å². The molecule has 0 aliphatic heterocycles. The Morgan fingerprint density at radius 1 is 0.469 bits per heavy atom. The summed E-state index contributed by atoms with van der Waals surface area (Å²) in [5.41, 5.74) is 10.4. The first-order valence-electron chi connectivity index (χ1n) is 16.5. The fraction of sp³-hybridized carbons (Fsp3) is 0. The first-order chi connectivity index (χ1) is 24.3. The Morgan fingerprint density at radius 3 is 2.02 bits per heavy atom. The first-order valence-corrected chi connectivity index (χ1v) is 16.5. The molecule has 0 unspecified atom stereocenters. The third-order valence-electron chi connectivity index (χ3n) is 9.95. The summed E-state index contributed by atoms with van der Waals surface area (Å²) in [6.07, 6.45) is 1.85. The molecule has 11 rings (SSSR count). The Balaban J connectivity index is 1.23. The fourth-order valence-corrected chi connectivity index (χ4v) is 7.80. The summed E-state index contributed by atoms with van der Waals surface area (Å²) >= 11 is 0. The molecular weight excluding hydrogens is 601 g/mol. The van der Waals surface area contributed by atoms with E-state index in [1.807, 2.05) is 24.4 Å². The van der Waals surface area contributed by atoms with Crippen LogP contribution in [0.15, 0.2) is 162 Å². The fourth-order valence-electron chi connectivity index (χ4n) is 7.80. The van der Waals surface area contributed by atoms with Gasteiger partial charge in [-0.3, -0.25) is 9.55 Å². The lowest BCUT2D eigenvalue weighted by Gasteiger charge is -2.13. The highest BCUT2D eigenvalue weighted by Gasteiger charge is 2.22. The molecule has 49 heavy (non-hydrogen) atoms. The number of aromatic nitrogens is 4. The molecule has 228 valence electrons. The Morgan fingerprint density at radius 2 is 1.18 bits per heavy atom. The van der Waals surface area contributed by atoms with Crippen LogP contribution in [0.2, 0.25) is 0 Å². The van der Waals surface area contributed by atoms with Crippen molar-refractivity contribution in [2.24, 2.45) is 0 Å². The van der Waals surface area contributed by atoms with Crippen molar-refractivity contribution in [1.29, 1.82) is 0 Å². The zero-order chi connectivity index (χ0) is 32.1. The quantitative estimate of drug-likeness (QED) is 0.196. The number of benzene rings is 6. The van der Waals surface area contributed by atoms with E-state index in [4.69, 9.17) is 9.40 Å². The number of nitrogens with zero attached hydrogens (tertiary/aromatic N) is 4. The van der Waals surface area contributed by atoms with Crippen LogP contribution in [0.1, 0.15) is 0 Å². The third kappa shape index (κ3) is 3.75. The standard InChI is InChI=1S/C44H26N4O/c1-4-14-38-30(10-1)33-20-21-34-31-11-2-5-15-39(31)48(44(34)43(33)47(38)29-19-22-36-27(25-29)9-8-24-45-36)42-17-7-13-37(46-42)28-18-23-41-35(26-28)32-12-3-6-16-40(32)49-41/h1-26H. The third-order valence-corrected chi connectivity index (χ3v) is 9.95. The van der Waals surface area contributed by atoms with Gasteiger partial charge in [-0.25, -0.2) is 4.98 Å². The van der Waals surface area contributed by atoms with E-state index < -0.39 is 0 Å². The van der Waals surface area contributed by atoms with Crippen LogP contribution in [-0.2, 0) is 0 Å². The Kier molecular flexibility index (Phi) is 5.32. The molecular formula is C44H26N4O. The van der Waals surface area contributed by atoms with Gasteiger partial charge >= 0.3 is 0 Å². The van der Waals surface area contributed by atoms with Crippen molar-refractivity contribution in [3.05, 3.63) is 158 Å². The minimum absolute atomic E-state index is 0.868. The summed E-state index contributed by atoms with van der Waals surface area (Å²) in [5.74, 6) is 0.868. The van der Waals surface area contributed by atoms with Crippen LogP contribution in [0.5, 0.6) is 0 Å². The van der Waals surface area contributed by atoms with E-state index in [1.165, 1.54) is 21.5 Å². The molecule has 0 bridgehead atoms. The van der Waals surface area contributed by atoms with E-state index in [1.54, 1.807) is 0 Å². The lowest BCUT2D eigenvalue weighted by Crippen LogP contribution is -2.01. The maximum Gasteiger partial charge on any atom is 0.138 e. The molecule has 0 aliphatic rings. The molecule has 5 aromatic heterocycles. The summed E-state index contributed by atoms with van der Waals surface area (Å²) in [6, 6.07) is 53.5. The molecule has 0 N–H and O–H groups in total. The maximum absolute atomic E-state index is 6.13. The van der Waals surface area contributed by atoms with E-state index in [0.29, 0.717) is 0 Å². The van der Waals surface area contributed by atoms with Gasteiger partial charge in [0.15, 0.2) is 0 Å². The van der Waals surface area contributed by atoms with Crippen LogP contribution < -0.4 is 0 Å². The van der Waals surface area contributed by atoms with Crippen LogP contribution in [0, 0.1) is 0 Å². The van der Waals surface area contributed by atoms with Gasteiger partial charge in [0.05, 0.1) is 33.3 Å². The Labute approximate surface area is 279 Å². The predicted molar refractivity (Wildman–Crippen MR) is 201 cm³/mol. The van der Waals surface area contributed by atoms with Crippen molar-refractivity contribution >= 4 is 76.5 Å². The van der Waals surface area contributed by atoms with Gasteiger partial charge in [-0.05, 0) is 72.8 Å². The lowest BCUT2D eigenvalue weighted by atomic mass is 10.1. The molecule has 0 saturated carbocycles. The van der Waals surface area contributed by atoms with Gasteiger partial charge < -0.3 is 8.98 Å². The molecule has 0 saturated heterocycles. The molecule has 11 aromatic rings. The van der Waals surface area contributed by atoms with E-state index in [0.717, 1.165) is 77.7 Å². The van der Waals surface area contributed by atoms with Crippen molar-refractivity contribution in [1.82, 2.24) is 19.1 Å². The van der Waals surface area contributed by atoms with Crippen LogP contribution >= 0.6 is 0 Å². The molecule has 0 spiro atoms. The molecule has 0 radical (unpaired) electrons. The monoisotopic (exact) mass is 626 g/mol. The van der Waals surface area contributed by atoms with Gasteiger partial charge in [-0.15, -0.1) is 0 Å². The number of fused-ring (bicyclic) bond motifs is 11. The maximum atomic E-state index is 6.13. The molecule has 0 fully saturated rings. The Hall–Kier alpha value is -6.72. The molecule has 5 heterocycles. The van der Waals surface area contributed by atoms with Crippen LogP contribution in [0.3, 0.4) is 0 Å². The van der Waals surface area contributed by atoms with E-state index in [9.17, 15) is 0 Å². The van der Waals surface area contributed by atoms with E-state index in [2.05, 4.69) is 148 Å². The molecule has 5 heteroatoms. The summed E-state index contributed by atoms with van der Waals surface area (Å²) < 4.78 is 10.9. The van der Waals surface area contributed by atoms with Crippen molar-refractivity contribution < 1.29 is 4.42 Å². The highest BCUT2D eigenvalue weighted by atomic mass is 16.3. The normalized spacial score (nSPS) is 12.1. The van der Waals surface area contributed by atoms with Crippen molar-refractivity contribution in [3.63, 3.8) is 0 Å². The lowest BCUT2D eigenvalue weighted by molar-refractivity contribution is 0.669. The molecule has 0 aliphatic carbocycles. The first kappa shape index (κ1) is 26.4. The minimum Gasteiger partial charge on any atom is -0.456 e. The second-order valence-electron chi connectivity index (χ2n) is 12.6. The smallest absolute Gasteiger partial charge is 0.138 e. The zero-order valence-corrected chi connectivity index (χ0v) is 26.2. The van der Waals surface area contributed by atoms with Gasteiger partial charge in [0.25, 0.3) is 0 Å². The minimum atomic E-state index is 0.868. The summed E-state index contributed by atoms with van der Waals surface area (Å²) in [5, 5.41) is 8.10. The predicted octanol–water partition coefficient (Wildman–Crippen LogP) is 11.4. The van der Waals surface area contributed by atoms with Gasteiger partial charge in [0, 0.05) is 55.2 Å². The Bertz CT molecular complexity index is 3120. The van der Waals surface area contributed by atoms with Gasteiger partial charge in [-0.1, -0.05) is 78.9 Å². The molecule has 0 atom stereocenters. The van der Waals surface area contributed by atoms with Crippen LogP contribution in [0.25, 0.3) is 99.2 Å². The highest BCUT2D eigenvalue weighted by Crippen LogP contribution is 2.42. The van der Waals surface area contributed by atoms with Crippen LogP contribution in [0.4, 0.5) is 0 Å². The number of furan rings is 1. The highest BCUT2D eigenvalue weighted by molar-refractivity contribution is 6.23. The number of para-hydroxylation sites is 3. The zero-order valence-electron chi connectivity index (χ0n) is 26.2. The van der Waals surface area contributed by atoms with Gasteiger partial charge in [0.2, 0.25) is 0 Å². The average molecular weight is 627 g/mol. The van der Waals surface area contributed by atoms with E-state index in [-0.39, 0.29) is 0 Å². The van der Waals surface area contributed by atoms with Crippen molar-refractivity contribution in [3.8, 4) is 22.8 Å². The second-order valence-corrected chi connectivity index (χ2v) is 12.6. The largest absolute Gasteiger partial charge is 0.456 e. The van der Waals surface area contributed by atoms with Crippen LogP contribution in [-0.4, -0.2) is 19.1 Å². The second kappa shape index (κ2) is 9.89. The number of hydrogen-bond acceptors (Lipinski definition) is 3. The number of pyridine rings is 2. The SMILES string of the molecule is c1cc(-c2ccc3oc4ccccc4c3c2)nc(-n2c3ccccc3c3ccc4c5ccccc5n(-c5ccc6ncccc6c5)c4c32)c1. The summed E-state index contributed by atoms with van der Waals surface area (Å²) in [4.78, 5) is 9.97. The summed E-state index contributed by atoms with van der Waals surface area (Å²) in [7, 11) is 0. The number of rotatable bonds is 3. The average Bonchev–Trinajstić information content (AvgIpc) is 3.82. The molecule has 0 amide bonds. The van der Waals surface area contributed by atoms with Gasteiger partial charge in [0.1, 0.15) is 17.0 Å². The van der Waals surface area contributed by atoms with Crippen molar-refractivity contribution in [2.75, 3.05) is 0 Å². The number of hydrogen-bond donors (Lipinski definition) is 0. The van der Waals surface area contributed by atoms with Crippen molar-refractivity contribution in [2.45, 2.75) is 0 Å². The molecule has 5 nitrogen and oxygen atoms in total. The van der Waals surface area contributed by atoms with E-state index >= 15 is 0 Å².